The van der Waals surface area contributed by atoms with Crippen molar-refractivity contribution in [1.82, 2.24) is 14.9 Å². The minimum absolute atomic E-state index is 0.533. The topological polar surface area (TPSA) is 49.3 Å². The Hall–Kier alpha value is -1.49. The summed E-state index contributed by atoms with van der Waals surface area (Å²) in [5.41, 5.74) is 0.533. The standard InChI is InChI=1S/C12H16N4O/c17-9-10-7-13-12(14-8-10)16-5-3-15(4-6-16)11-1-2-11/h7-9,11H,1-6H2. The highest BCUT2D eigenvalue weighted by atomic mass is 16.1. The van der Waals surface area contributed by atoms with Gasteiger partial charge in [0.15, 0.2) is 6.29 Å². The minimum Gasteiger partial charge on any atom is -0.338 e. The second-order valence-corrected chi connectivity index (χ2v) is 4.69. The maximum atomic E-state index is 10.5. The molecule has 1 saturated heterocycles. The minimum atomic E-state index is 0.533. The molecular weight excluding hydrogens is 216 g/mol. The summed E-state index contributed by atoms with van der Waals surface area (Å²) in [4.78, 5) is 23.7. The van der Waals surface area contributed by atoms with Gasteiger partial charge in [-0.1, -0.05) is 0 Å². The lowest BCUT2D eigenvalue weighted by Gasteiger charge is -2.34. The van der Waals surface area contributed by atoms with Gasteiger partial charge in [0.25, 0.3) is 0 Å². The number of hydrogen-bond donors (Lipinski definition) is 0. The van der Waals surface area contributed by atoms with Crippen LogP contribution < -0.4 is 4.90 Å². The molecule has 0 radical (unpaired) electrons. The fraction of sp³-hybridized carbons (Fsp3) is 0.583. The number of hydrogen-bond acceptors (Lipinski definition) is 5. The zero-order chi connectivity index (χ0) is 11.7. The van der Waals surface area contributed by atoms with E-state index in [1.54, 1.807) is 12.4 Å². The summed E-state index contributed by atoms with van der Waals surface area (Å²) in [6.07, 6.45) is 6.68. The van der Waals surface area contributed by atoms with Crippen LogP contribution in [0.2, 0.25) is 0 Å². The molecule has 90 valence electrons. The van der Waals surface area contributed by atoms with Gasteiger partial charge < -0.3 is 4.90 Å². The molecule has 0 unspecified atom stereocenters. The zero-order valence-corrected chi connectivity index (χ0v) is 9.75. The van der Waals surface area contributed by atoms with E-state index in [2.05, 4.69) is 19.8 Å². The second-order valence-electron chi connectivity index (χ2n) is 4.69. The van der Waals surface area contributed by atoms with E-state index in [9.17, 15) is 4.79 Å². The molecule has 0 aromatic carbocycles. The van der Waals surface area contributed by atoms with Crippen LogP contribution in [0.15, 0.2) is 12.4 Å². The van der Waals surface area contributed by atoms with Gasteiger partial charge in [0.1, 0.15) is 0 Å². The molecular formula is C12H16N4O. The smallest absolute Gasteiger partial charge is 0.225 e. The predicted molar refractivity (Wildman–Crippen MR) is 64.2 cm³/mol. The van der Waals surface area contributed by atoms with Crippen LogP contribution in [0.5, 0.6) is 0 Å². The number of carbonyl (C=O) groups excluding carboxylic acids is 1. The van der Waals surface area contributed by atoms with Gasteiger partial charge in [0, 0.05) is 44.6 Å². The lowest BCUT2D eigenvalue weighted by Crippen LogP contribution is -2.47. The highest BCUT2D eigenvalue weighted by molar-refractivity contribution is 5.73. The van der Waals surface area contributed by atoms with Gasteiger partial charge in [0.2, 0.25) is 5.95 Å². The Bertz CT molecular complexity index is 393. The van der Waals surface area contributed by atoms with Crippen LogP contribution in [0.1, 0.15) is 23.2 Å². The average Bonchev–Trinajstić information content (AvgIpc) is 3.24. The van der Waals surface area contributed by atoms with Crippen molar-refractivity contribution in [3.8, 4) is 0 Å². The van der Waals surface area contributed by atoms with E-state index in [0.717, 1.165) is 44.5 Å². The summed E-state index contributed by atoms with van der Waals surface area (Å²) in [5.74, 6) is 0.742. The molecule has 2 fully saturated rings. The predicted octanol–water partition coefficient (Wildman–Crippen LogP) is 0.573. The summed E-state index contributed by atoms with van der Waals surface area (Å²) >= 11 is 0. The van der Waals surface area contributed by atoms with Crippen molar-refractivity contribution < 1.29 is 4.79 Å². The number of anilines is 1. The first-order valence-corrected chi connectivity index (χ1v) is 6.13. The molecule has 1 aliphatic heterocycles. The summed E-state index contributed by atoms with van der Waals surface area (Å²) in [7, 11) is 0. The molecule has 1 aromatic heterocycles. The van der Waals surface area contributed by atoms with Crippen LogP contribution in [0.4, 0.5) is 5.95 Å². The fourth-order valence-electron chi connectivity index (χ4n) is 2.28. The first-order chi connectivity index (χ1) is 8.36. The lowest BCUT2D eigenvalue weighted by molar-refractivity contribution is 0.112. The molecule has 0 atom stereocenters. The van der Waals surface area contributed by atoms with Gasteiger partial charge in [-0.05, 0) is 12.8 Å². The Balaban J connectivity index is 1.62. The van der Waals surface area contributed by atoms with E-state index in [-0.39, 0.29) is 0 Å². The number of piperazine rings is 1. The summed E-state index contributed by atoms with van der Waals surface area (Å²) in [5, 5.41) is 0. The van der Waals surface area contributed by atoms with Crippen LogP contribution in [0, 0.1) is 0 Å². The highest BCUT2D eigenvalue weighted by Crippen LogP contribution is 2.27. The van der Waals surface area contributed by atoms with Crippen molar-refractivity contribution >= 4 is 12.2 Å². The van der Waals surface area contributed by atoms with E-state index >= 15 is 0 Å². The SMILES string of the molecule is O=Cc1cnc(N2CCN(C3CC3)CC2)nc1. The van der Waals surface area contributed by atoms with Crippen LogP contribution in [-0.2, 0) is 0 Å². The Kier molecular flexibility index (Phi) is 2.76. The molecule has 5 heteroatoms. The Labute approximate surface area is 100 Å². The number of nitrogens with zero attached hydrogens (tertiary/aromatic N) is 4. The Morgan fingerprint density at radius 1 is 1.12 bits per heavy atom. The lowest BCUT2D eigenvalue weighted by atomic mass is 10.3. The van der Waals surface area contributed by atoms with Crippen LogP contribution in [0.3, 0.4) is 0 Å². The molecule has 5 nitrogen and oxygen atoms in total. The molecule has 0 amide bonds. The first-order valence-electron chi connectivity index (χ1n) is 6.13. The van der Waals surface area contributed by atoms with Gasteiger partial charge >= 0.3 is 0 Å². The molecule has 0 bridgehead atoms. The molecule has 0 N–H and O–H groups in total. The van der Waals surface area contributed by atoms with E-state index in [0.29, 0.717) is 5.56 Å². The molecule has 1 aliphatic carbocycles. The molecule has 17 heavy (non-hydrogen) atoms. The fourth-order valence-corrected chi connectivity index (χ4v) is 2.28. The maximum Gasteiger partial charge on any atom is 0.225 e. The van der Waals surface area contributed by atoms with Crippen molar-refractivity contribution in [2.45, 2.75) is 18.9 Å². The second kappa shape index (κ2) is 4.41. The third kappa shape index (κ3) is 2.29. The number of aldehydes is 1. The van der Waals surface area contributed by atoms with E-state index in [4.69, 9.17) is 0 Å². The molecule has 3 rings (SSSR count). The van der Waals surface area contributed by atoms with Gasteiger partial charge in [-0.3, -0.25) is 9.69 Å². The van der Waals surface area contributed by atoms with Crippen LogP contribution in [0.25, 0.3) is 0 Å². The number of aromatic nitrogens is 2. The maximum absolute atomic E-state index is 10.5. The van der Waals surface area contributed by atoms with Crippen molar-refractivity contribution in [2.75, 3.05) is 31.1 Å². The van der Waals surface area contributed by atoms with Gasteiger partial charge in [-0.25, -0.2) is 9.97 Å². The van der Waals surface area contributed by atoms with Crippen LogP contribution in [-0.4, -0.2) is 53.4 Å². The van der Waals surface area contributed by atoms with E-state index in [1.807, 2.05) is 0 Å². The normalized spacial score (nSPS) is 21.5. The molecule has 0 spiro atoms. The largest absolute Gasteiger partial charge is 0.338 e. The van der Waals surface area contributed by atoms with Crippen molar-refractivity contribution in [2.24, 2.45) is 0 Å². The molecule has 1 saturated carbocycles. The monoisotopic (exact) mass is 232 g/mol. The third-order valence-corrected chi connectivity index (χ3v) is 3.45. The Morgan fingerprint density at radius 2 is 1.76 bits per heavy atom. The summed E-state index contributed by atoms with van der Waals surface area (Å²) in [6.45, 7) is 4.17. The van der Waals surface area contributed by atoms with Crippen molar-refractivity contribution in [1.29, 1.82) is 0 Å². The molecule has 2 aliphatic rings. The number of rotatable bonds is 3. The van der Waals surface area contributed by atoms with Gasteiger partial charge in [0.05, 0.1) is 5.56 Å². The summed E-state index contributed by atoms with van der Waals surface area (Å²) < 4.78 is 0. The van der Waals surface area contributed by atoms with Crippen molar-refractivity contribution in [3.63, 3.8) is 0 Å². The van der Waals surface area contributed by atoms with Crippen LogP contribution >= 0.6 is 0 Å². The van der Waals surface area contributed by atoms with Crippen molar-refractivity contribution in [3.05, 3.63) is 18.0 Å². The Morgan fingerprint density at radius 3 is 2.29 bits per heavy atom. The number of carbonyl (C=O) groups is 1. The molecule has 2 heterocycles. The highest BCUT2D eigenvalue weighted by Gasteiger charge is 2.31. The first kappa shape index (κ1) is 10.7. The van der Waals surface area contributed by atoms with E-state index in [1.165, 1.54) is 12.8 Å². The third-order valence-electron chi connectivity index (χ3n) is 3.45. The van der Waals surface area contributed by atoms with Gasteiger partial charge in [-0.15, -0.1) is 0 Å². The zero-order valence-electron chi connectivity index (χ0n) is 9.75. The van der Waals surface area contributed by atoms with E-state index < -0.39 is 0 Å². The molecule has 1 aromatic rings. The average molecular weight is 232 g/mol. The quantitative estimate of drug-likeness (QED) is 0.713. The summed E-state index contributed by atoms with van der Waals surface area (Å²) in [6, 6.07) is 0.843. The van der Waals surface area contributed by atoms with Gasteiger partial charge in [-0.2, -0.15) is 0 Å².